The van der Waals surface area contributed by atoms with Gasteiger partial charge >= 0.3 is 0 Å². The SMILES string of the molecule is Cc1cccc(C(=O)CCN(CC(C)C)C2CCCC2)c1. The summed E-state index contributed by atoms with van der Waals surface area (Å²) in [5.74, 6) is 0.949. The molecule has 21 heavy (non-hydrogen) atoms. The third-order valence-electron chi connectivity index (χ3n) is 4.41. The van der Waals surface area contributed by atoms with Crippen LogP contribution in [0.25, 0.3) is 0 Å². The smallest absolute Gasteiger partial charge is 0.164 e. The highest BCUT2D eigenvalue weighted by Crippen LogP contribution is 2.24. The van der Waals surface area contributed by atoms with Gasteiger partial charge in [-0.15, -0.1) is 0 Å². The molecule has 0 atom stereocenters. The highest BCUT2D eigenvalue weighted by molar-refractivity contribution is 5.96. The Morgan fingerprint density at radius 1 is 1.29 bits per heavy atom. The molecule has 1 fully saturated rings. The van der Waals surface area contributed by atoms with Gasteiger partial charge in [0, 0.05) is 31.1 Å². The van der Waals surface area contributed by atoms with Gasteiger partial charge in [-0.2, -0.15) is 0 Å². The average molecular weight is 287 g/mol. The van der Waals surface area contributed by atoms with E-state index >= 15 is 0 Å². The van der Waals surface area contributed by atoms with Gasteiger partial charge in [-0.1, -0.05) is 50.5 Å². The molecule has 0 unspecified atom stereocenters. The molecule has 116 valence electrons. The standard InChI is InChI=1S/C19H29NO/c1-15(2)14-20(18-9-4-5-10-18)12-11-19(21)17-8-6-7-16(3)13-17/h6-8,13,15,18H,4-5,9-12,14H2,1-3H3. The maximum atomic E-state index is 12.4. The van der Waals surface area contributed by atoms with Crippen molar-refractivity contribution in [2.75, 3.05) is 13.1 Å². The zero-order valence-electron chi connectivity index (χ0n) is 13.8. The minimum atomic E-state index is 0.283. The summed E-state index contributed by atoms with van der Waals surface area (Å²) in [6.45, 7) is 8.61. The van der Waals surface area contributed by atoms with Crippen LogP contribution >= 0.6 is 0 Å². The molecule has 0 spiro atoms. The number of hydrogen-bond acceptors (Lipinski definition) is 2. The van der Waals surface area contributed by atoms with E-state index in [1.807, 2.05) is 31.2 Å². The van der Waals surface area contributed by atoms with Crippen LogP contribution in [0.3, 0.4) is 0 Å². The van der Waals surface area contributed by atoms with E-state index in [0.717, 1.165) is 24.2 Å². The molecule has 0 radical (unpaired) electrons. The van der Waals surface area contributed by atoms with Crippen LogP contribution in [0.15, 0.2) is 24.3 Å². The van der Waals surface area contributed by atoms with Gasteiger partial charge in [0.15, 0.2) is 5.78 Å². The number of ketones is 1. The zero-order valence-corrected chi connectivity index (χ0v) is 13.8. The number of Topliss-reactive ketones (excluding diaryl/α,β-unsaturated/α-hetero) is 1. The number of carbonyl (C=O) groups is 1. The van der Waals surface area contributed by atoms with Crippen LogP contribution in [0, 0.1) is 12.8 Å². The van der Waals surface area contributed by atoms with Crippen molar-refractivity contribution in [3.8, 4) is 0 Å². The topological polar surface area (TPSA) is 20.3 Å². The molecule has 1 aliphatic carbocycles. The molecule has 0 saturated heterocycles. The molecular weight excluding hydrogens is 258 g/mol. The van der Waals surface area contributed by atoms with Crippen molar-refractivity contribution in [3.05, 3.63) is 35.4 Å². The second kappa shape index (κ2) is 7.74. The van der Waals surface area contributed by atoms with E-state index in [1.165, 1.54) is 25.7 Å². The average Bonchev–Trinajstić information content (AvgIpc) is 2.96. The number of aryl methyl sites for hydroxylation is 1. The molecule has 0 bridgehead atoms. The number of benzene rings is 1. The van der Waals surface area contributed by atoms with Crippen LogP contribution in [0.4, 0.5) is 0 Å². The monoisotopic (exact) mass is 287 g/mol. The van der Waals surface area contributed by atoms with E-state index in [-0.39, 0.29) is 5.78 Å². The summed E-state index contributed by atoms with van der Waals surface area (Å²) in [4.78, 5) is 14.9. The van der Waals surface area contributed by atoms with Gasteiger partial charge in [-0.25, -0.2) is 0 Å². The first kappa shape index (κ1) is 16.2. The Balaban J connectivity index is 1.92. The Kier molecular flexibility index (Phi) is 5.98. The molecule has 2 nitrogen and oxygen atoms in total. The maximum Gasteiger partial charge on any atom is 0.164 e. The van der Waals surface area contributed by atoms with Crippen molar-refractivity contribution in [2.45, 2.75) is 58.9 Å². The molecule has 0 N–H and O–H groups in total. The molecule has 1 aromatic carbocycles. The molecule has 1 aromatic rings. The van der Waals surface area contributed by atoms with E-state index in [4.69, 9.17) is 0 Å². The summed E-state index contributed by atoms with van der Waals surface area (Å²) in [5.41, 5.74) is 2.03. The fourth-order valence-corrected chi connectivity index (χ4v) is 3.37. The van der Waals surface area contributed by atoms with Crippen molar-refractivity contribution < 1.29 is 4.79 Å². The van der Waals surface area contributed by atoms with Crippen molar-refractivity contribution >= 4 is 5.78 Å². The fourth-order valence-electron chi connectivity index (χ4n) is 3.37. The number of nitrogens with zero attached hydrogens (tertiary/aromatic N) is 1. The van der Waals surface area contributed by atoms with Gasteiger partial charge in [0.1, 0.15) is 0 Å². The Bertz CT molecular complexity index is 460. The molecule has 2 heteroatoms. The van der Waals surface area contributed by atoms with E-state index in [1.54, 1.807) is 0 Å². The van der Waals surface area contributed by atoms with E-state index in [0.29, 0.717) is 18.4 Å². The Hall–Kier alpha value is -1.15. The summed E-state index contributed by atoms with van der Waals surface area (Å²) in [6, 6.07) is 8.67. The normalized spacial score (nSPS) is 16.0. The van der Waals surface area contributed by atoms with Gasteiger partial charge < -0.3 is 0 Å². The summed E-state index contributed by atoms with van der Waals surface area (Å²) in [5, 5.41) is 0. The lowest BCUT2D eigenvalue weighted by molar-refractivity contribution is 0.0942. The van der Waals surface area contributed by atoms with Crippen LogP contribution in [-0.2, 0) is 0 Å². The molecule has 0 heterocycles. The molecular formula is C19H29NO. The summed E-state index contributed by atoms with van der Waals surface area (Å²) >= 11 is 0. The predicted molar refractivity (Wildman–Crippen MR) is 88.8 cm³/mol. The van der Waals surface area contributed by atoms with Crippen LogP contribution in [-0.4, -0.2) is 29.8 Å². The lowest BCUT2D eigenvalue weighted by Gasteiger charge is -2.30. The summed E-state index contributed by atoms with van der Waals surface area (Å²) < 4.78 is 0. The minimum absolute atomic E-state index is 0.283. The highest BCUT2D eigenvalue weighted by atomic mass is 16.1. The lowest BCUT2D eigenvalue weighted by Crippen LogP contribution is -2.37. The van der Waals surface area contributed by atoms with Gasteiger partial charge in [0.2, 0.25) is 0 Å². The first-order valence-corrected chi connectivity index (χ1v) is 8.40. The zero-order chi connectivity index (χ0) is 15.2. The third kappa shape index (κ3) is 4.96. The summed E-state index contributed by atoms with van der Waals surface area (Å²) in [7, 11) is 0. The molecule has 0 aromatic heterocycles. The largest absolute Gasteiger partial charge is 0.300 e. The van der Waals surface area contributed by atoms with Crippen molar-refractivity contribution in [2.24, 2.45) is 5.92 Å². The first-order chi connectivity index (χ1) is 10.1. The molecule has 2 rings (SSSR count). The van der Waals surface area contributed by atoms with Gasteiger partial charge in [-0.3, -0.25) is 9.69 Å². The van der Waals surface area contributed by atoms with Crippen LogP contribution in [0.1, 0.15) is 61.9 Å². The number of hydrogen-bond donors (Lipinski definition) is 0. The number of rotatable bonds is 7. The third-order valence-corrected chi connectivity index (χ3v) is 4.41. The molecule has 0 amide bonds. The van der Waals surface area contributed by atoms with Crippen molar-refractivity contribution in [1.29, 1.82) is 0 Å². The summed E-state index contributed by atoms with van der Waals surface area (Å²) in [6.07, 6.45) is 5.97. The fraction of sp³-hybridized carbons (Fsp3) is 0.632. The first-order valence-electron chi connectivity index (χ1n) is 8.40. The van der Waals surface area contributed by atoms with E-state index in [2.05, 4.69) is 18.7 Å². The Labute approximate surface area is 129 Å². The van der Waals surface area contributed by atoms with E-state index < -0.39 is 0 Å². The molecule has 1 aliphatic rings. The van der Waals surface area contributed by atoms with Gasteiger partial charge in [-0.05, 0) is 31.7 Å². The predicted octanol–water partition coefficient (Wildman–Crippen LogP) is 4.47. The molecule has 1 saturated carbocycles. The van der Waals surface area contributed by atoms with Crippen LogP contribution in [0.2, 0.25) is 0 Å². The second-order valence-electron chi connectivity index (χ2n) is 6.87. The number of carbonyl (C=O) groups excluding carboxylic acids is 1. The quantitative estimate of drug-likeness (QED) is 0.690. The lowest BCUT2D eigenvalue weighted by atomic mass is 10.0. The highest BCUT2D eigenvalue weighted by Gasteiger charge is 2.23. The van der Waals surface area contributed by atoms with Gasteiger partial charge in [0.05, 0.1) is 0 Å². The van der Waals surface area contributed by atoms with Crippen molar-refractivity contribution in [1.82, 2.24) is 4.90 Å². The Morgan fingerprint density at radius 3 is 2.62 bits per heavy atom. The van der Waals surface area contributed by atoms with Crippen LogP contribution < -0.4 is 0 Å². The van der Waals surface area contributed by atoms with Crippen molar-refractivity contribution in [3.63, 3.8) is 0 Å². The Morgan fingerprint density at radius 2 is 2.00 bits per heavy atom. The van der Waals surface area contributed by atoms with Gasteiger partial charge in [0.25, 0.3) is 0 Å². The minimum Gasteiger partial charge on any atom is -0.300 e. The van der Waals surface area contributed by atoms with E-state index in [9.17, 15) is 4.79 Å². The maximum absolute atomic E-state index is 12.4. The van der Waals surface area contributed by atoms with Crippen LogP contribution in [0.5, 0.6) is 0 Å². The second-order valence-corrected chi connectivity index (χ2v) is 6.87. The molecule has 0 aliphatic heterocycles.